The van der Waals surface area contributed by atoms with Gasteiger partial charge in [-0.15, -0.1) is 0 Å². The van der Waals surface area contributed by atoms with Crippen LogP contribution in [0.5, 0.6) is 0 Å². The van der Waals surface area contributed by atoms with Crippen molar-refractivity contribution in [3.8, 4) is 22.3 Å². The summed E-state index contributed by atoms with van der Waals surface area (Å²) >= 11 is 0. The van der Waals surface area contributed by atoms with Gasteiger partial charge in [0.25, 0.3) is 0 Å². The Morgan fingerprint density at radius 3 is 1.97 bits per heavy atom. The van der Waals surface area contributed by atoms with Crippen LogP contribution in [0, 0.1) is 13.8 Å². The third-order valence-electron chi connectivity index (χ3n) is 5.83. The van der Waals surface area contributed by atoms with Crippen LogP contribution < -0.4 is 10.6 Å². The molecule has 1 aromatic heterocycles. The standard InChI is InChI=1S/C25H26F3N3/c1-16-11-17(2)13-19(12-16)23-15-30-14-22(24(23)31-9-7-21(29)8-10-31)18-3-5-20(6-4-18)25(26,27)28/h3-6,11-15,21H,7-10,29H2,1-2H3. The Morgan fingerprint density at radius 2 is 1.42 bits per heavy atom. The molecule has 0 unspecified atom stereocenters. The van der Waals surface area contributed by atoms with Gasteiger partial charge in [0.2, 0.25) is 0 Å². The average molecular weight is 425 g/mol. The number of nitrogens with zero attached hydrogens (tertiary/aromatic N) is 2. The van der Waals surface area contributed by atoms with Gasteiger partial charge < -0.3 is 10.6 Å². The predicted molar refractivity (Wildman–Crippen MR) is 119 cm³/mol. The predicted octanol–water partition coefficient (Wildman–Crippen LogP) is 5.98. The molecule has 0 aliphatic carbocycles. The van der Waals surface area contributed by atoms with E-state index in [9.17, 15) is 13.2 Å². The molecule has 6 heteroatoms. The molecule has 2 heterocycles. The van der Waals surface area contributed by atoms with Crippen LogP contribution in [0.3, 0.4) is 0 Å². The van der Waals surface area contributed by atoms with Crippen LogP contribution in [0.2, 0.25) is 0 Å². The number of halogens is 3. The zero-order valence-corrected chi connectivity index (χ0v) is 17.7. The fourth-order valence-electron chi connectivity index (χ4n) is 4.31. The molecule has 1 aliphatic heterocycles. The molecule has 0 amide bonds. The number of anilines is 1. The average Bonchev–Trinajstić information content (AvgIpc) is 2.73. The fourth-order valence-corrected chi connectivity index (χ4v) is 4.31. The van der Waals surface area contributed by atoms with Gasteiger partial charge in [0.15, 0.2) is 0 Å². The van der Waals surface area contributed by atoms with Crippen molar-refractivity contribution >= 4 is 5.69 Å². The number of aryl methyl sites for hydroxylation is 2. The lowest BCUT2D eigenvalue weighted by Gasteiger charge is -2.35. The van der Waals surface area contributed by atoms with Gasteiger partial charge in [0, 0.05) is 42.7 Å². The molecule has 2 aromatic carbocycles. The van der Waals surface area contributed by atoms with Crippen molar-refractivity contribution in [2.45, 2.75) is 38.9 Å². The first-order valence-electron chi connectivity index (χ1n) is 10.5. The van der Waals surface area contributed by atoms with Gasteiger partial charge in [-0.3, -0.25) is 4.98 Å². The lowest BCUT2D eigenvalue weighted by molar-refractivity contribution is -0.137. The van der Waals surface area contributed by atoms with Crippen molar-refractivity contribution in [2.75, 3.05) is 18.0 Å². The number of hydrogen-bond acceptors (Lipinski definition) is 3. The van der Waals surface area contributed by atoms with Gasteiger partial charge in [0.05, 0.1) is 11.3 Å². The molecular weight excluding hydrogens is 399 g/mol. The number of piperidine rings is 1. The van der Waals surface area contributed by atoms with Crippen molar-refractivity contribution in [1.82, 2.24) is 4.98 Å². The minimum atomic E-state index is -4.36. The molecule has 3 aromatic rings. The zero-order chi connectivity index (χ0) is 22.2. The summed E-state index contributed by atoms with van der Waals surface area (Å²) in [5.74, 6) is 0. The molecular formula is C25H26F3N3. The molecule has 31 heavy (non-hydrogen) atoms. The van der Waals surface area contributed by atoms with Crippen molar-refractivity contribution < 1.29 is 13.2 Å². The highest BCUT2D eigenvalue weighted by atomic mass is 19.4. The summed E-state index contributed by atoms with van der Waals surface area (Å²) in [7, 11) is 0. The Bertz CT molecular complexity index is 1050. The normalized spacial score (nSPS) is 15.4. The van der Waals surface area contributed by atoms with Gasteiger partial charge in [-0.25, -0.2) is 0 Å². The molecule has 1 fully saturated rings. The smallest absolute Gasteiger partial charge is 0.370 e. The lowest BCUT2D eigenvalue weighted by Crippen LogP contribution is -2.40. The maximum absolute atomic E-state index is 13.1. The van der Waals surface area contributed by atoms with Crippen LogP contribution >= 0.6 is 0 Å². The van der Waals surface area contributed by atoms with Crippen LogP contribution in [-0.2, 0) is 6.18 Å². The van der Waals surface area contributed by atoms with E-state index in [1.165, 1.54) is 12.1 Å². The first-order valence-corrected chi connectivity index (χ1v) is 10.5. The van der Waals surface area contributed by atoms with E-state index in [1.807, 2.05) is 6.20 Å². The topological polar surface area (TPSA) is 42.2 Å². The molecule has 162 valence electrons. The third-order valence-corrected chi connectivity index (χ3v) is 5.83. The van der Waals surface area contributed by atoms with Gasteiger partial charge in [-0.2, -0.15) is 13.2 Å². The molecule has 1 aliphatic rings. The Labute approximate surface area is 180 Å². The fraction of sp³-hybridized carbons (Fsp3) is 0.320. The second kappa shape index (κ2) is 8.35. The number of rotatable bonds is 3. The van der Waals surface area contributed by atoms with E-state index in [-0.39, 0.29) is 6.04 Å². The Balaban J connectivity index is 1.87. The first kappa shape index (κ1) is 21.4. The maximum atomic E-state index is 13.1. The summed E-state index contributed by atoms with van der Waals surface area (Å²) in [4.78, 5) is 6.76. The van der Waals surface area contributed by atoms with Crippen LogP contribution in [0.25, 0.3) is 22.3 Å². The van der Waals surface area contributed by atoms with Gasteiger partial charge >= 0.3 is 6.18 Å². The number of benzene rings is 2. The van der Waals surface area contributed by atoms with Crippen molar-refractivity contribution in [2.24, 2.45) is 5.73 Å². The van der Waals surface area contributed by atoms with Gasteiger partial charge in [-0.05, 0) is 49.9 Å². The first-order chi connectivity index (χ1) is 14.7. The summed E-state index contributed by atoms with van der Waals surface area (Å²) in [5.41, 5.74) is 12.4. The van der Waals surface area contributed by atoms with Crippen molar-refractivity contribution in [1.29, 1.82) is 0 Å². The van der Waals surface area contributed by atoms with E-state index in [4.69, 9.17) is 5.73 Å². The molecule has 0 atom stereocenters. The second-order valence-corrected chi connectivity index (χ2v) is 8.36. The molecule has 4 rings (SSSR count). The Morgan fingerprint density at radius 1 is 0.871 bits per heavy atom. The lowest BCUT2D eigenvalue weighted by atomic mass is 9.94. The minimum absolute atomic E-state index is 0.178. The largest absolute Gasteiger partial charge is 0.416 e. The molecule has 0 saturated carbocycles. The summed E-state index contributed by atoms with van der Waals surface area (Å²) in [5, 5.41) is 0. The number of nitrogens with two attached hydrogens (primary N) is 1. The van der Waals surface area contributed by atoms with Crippen LogP contribution in [-0.4, -0.2) is 24.1 Å². The van der Waals surface area contributed by atoms with E-state index in [1.54, 1.807) is 6.20 Å². The Hall–Kier alpha value is -2.86. The monoisotopic (exact) mass is 425 g/mol. The Kier molecular flexibility index (Phi) is 5.75. The summed E-state index contributed by atoms with van der Waals surface area (Å²) in [6.07, 6.45) is 0.996. The molecule has 3 nitrogen and oxygen atoms in total. The van der Waals surface area contributed by atoms with Crippen molar-refractivity contribution in [3.63, 3.8) is 0 Å². The molecule has 0 spiro atoms. The summed E-state index contributed by atoms with van der Waals surface area (Å²) in [6, 6.07) is 11.9. The van der Waals surface area contributed by atoms with Gasteiger partial charge in [-0.1, -0.05) is 41.5 Å². The number of aromatic nitrogens is 1. The second-order valence-electron chi connectivity index (χ2n) is 8.36. The number of alkyl halides is 3. The molecule has 0 radical (unpaired) electrons. The number of hydrogen-bond donors (Lipinski definition) is 1. The quantitative estimate of drug-likeness (QED) is 0.561. The van der Waals surface area contributed by atoms with Crippen LogP contribution in [0.4, 0.5) is 18.9 Å². The van der Waals surface area contributed by atoms with Crippen molar-refractivity contribution in [3.05, 3.63) is 71.5 Å². The van der Waals surface area contributed by atoms with E-state index in [2.05, 4.69) is 41.9 Å². The van der Waals surface area contributed by atoms with E-state index >= 15 is 0 Å². The maximum Gasteiger partial charge on any atom is 0.416 e. The van der Waals surface area contributed by atoms with E-state index in [0.717, 1.165) is 77.1 Å². The van der Waals surface area contributed by atoms with Crippen LogP contribution in [0.1, 0.15) is 29.5 Å². The summed E-state index contributed by atoms with van der Waals surface area (Å²) in [6.45, 7) is 5.72. The SMILES string of the molecule is Cc1cc(C)cc(-c2cncc(-c3ccc(C(F)(F)F)cc3)c2N2CCC(N)CC2)c1. The molecule has 0 bridgehead atoms. The van der Waals surface area contributed by atoms with Crippen LogP contribution in [0.15, 0.2) is 54.9 Å². The van der Waals surface area contributed by atoms with E-state index < -0.39 is 11.7 Å². The van der Waals surface area contributed by atoms with E-state index in [0.29, 0.717) is 0 Å². The highest BCUT2D eigenvalue weighted by molar-refractivity contribution is 5.90. The highest BCUT2D eigenvalue weighted by Crippen LogP contribution is 2.41. The summed E-state index contributed by atoms with van der Waals surface area (Å²) < 4.78 is 39.2. The highest BCUT2D eigenvalue weighted by Gasteiger charge is 2.30. The van der Waals surface area contributed by atoms with Gasteiger partial charge in [0.1, 0.15) is 0 Å². The zero-order valence-electron chi connectivity index (χ0n) is 17.7. The minimum Gasteiger partial charge on any atom is -0.370 e. The third kappa shape index (κ3) is 4.59. The molecule has 2 N–H and O–H groups in total. The molecule has 1 saturated heterocycles. The number of pyridine rings is 1.